The largest absolute Gasteiger partial charge is 0.381 e. The van der Waals surface area contributed by atoms with Crippen LogP contribution in [-0.2, 0) is 4.74 Å². The normalized spacial score (nSPS) is 36.4. The van der Waals surface area contributed by atoms with Crippen molar-refractivity contribution in [3.63, 3.8) is 0 Å². The lowest BCUT2D eigenvalue weighted by Crippen LogP contribution is -2.44. The van der Waals surface area contributed by atoms with Crippen LogP contribution < -0.4 is 5.32 Å². The summed E-state index contributed by atoms with van der Waals surface area (Å²) in [6, 6.07) is 1.37. The molecular weight excluding hydrogens is 212 g/mol. The molecule has 0 spiro atoms. The first-order valence-corrected chi connectivity index (χ1v) is 7.22. The SMILES string of the molecule is CC(C)C1CN(CC2CCOC2)C(C)CCN1. The lowest BCUT2D eigenvalue weighted by atomic mass is 10.0. The fraction of sp³-hybridized carbons (Fsp3) is 1.00. The molecule has 2 rings (SSSR count). The molecule has 0 bridgehead atoms. The smallest absolute Gasteiger partial charge is 0.0507 e. The monoisotopic (exact) mass is 240 g/mol. The Kier molecular flexibility index (Phi) is 4.83. The van der Waals surface area contributed by atoms with E-state index in [4.69, 9.17) is 4.74 Å². The van der Waals surface area contributed by atoms with E-state index in [1.54, 1.807) is 0 Å². The van der Waals surface area contributed by atoms with Crippen LogP contribution in [0.25, 0.3) is 0 Å². The molecule has 100 valence electrons. The van der Waals surface area contributed by atoms with Crippen molar-refractivity contribution in [3.05, 3.63) is 0 Å². The molecule has 3 unspecified atom stereocenters. The third-order valence-electron chi connectivity index (χ3n) is 4.34. The highest BCUT2D eigenvalue weighted by Crippen LogP contribution is 2.19. The summed E-state index contributed by atoms with van der Waals surface area (Å²) < 4.78 is 5.50. The van der Waals surface area contributed by atoms with Gasteiger partial charge in [-0.1, -0.05) is 13.8 Å². The van der Waals surface area contributed by atoms with Crippen molar-refractivity contribution >= 4 is 0 Å². The molecular formula is C14H28N2O. The van der Waals surface area contributed by atoms with Gasteiger partial charge in [-0.2, -0.15) is 0 Å². The Labute approximate surface area is 106 Å². The van der Waals surface area contributed by atoms with E-state index in [2.05, 4.69) is 31.0 Å². The molecule has 3 atom stereocenters. The third-order valence-corrected chi connectivity index (χ3v) is 4.34. The zero-order valence-electron chi connectivity index (χ0n) is 11.6. The van der Waals surface area contributed by atoms with Crippen LogP contribution in [0.3, 0.4) is 0 Å². The Bertz CT molecular complexity index is 226. The minimum absolute atomic E-state index is 0.655. The summed E-state index contributed by atoms with van der Waals surface area (Å²) in [4.78, 5) is 2.68. The van der Waals surface area contributed by atoms with Gasteiger partial charge in [0.05, 0.1) is 6.61 Å². The molecule has 0 aromatic heterocycles. The summed E-state index contributed by atoms with van der Waals surface area (Å²) in [7, 11) is 0. The van der Waals surface area contributed by atoms with E-state index in [1.807, 2.05) is 0 Å². The first-order valence-electron chi connectivity index (χ1n) is 7.22. The van der Waals surface area contributed by atoms with Crippen LogP contribution in [0.2, 0.25) is 0 Å². The summed E-state index contributed by atoms with van der Waals surface area (Å²) >= 11 is 0. The Morgan fingerprint density at radius 2 is 2.18 bits per heavy atom. The number of nitrogens with zero attached hydrogens (tertiary/aromatic N) is 1. The molecule has 1 N–H and O–H groups in total. The van der Waals surface area contributed by atoms with Crippen molar-refractivity contribution in [3.8, 4) is 0 Å². The molecule has 0 aliphatic carbocycles. The van der Waals surface area contributed by atoms with Gasteiger partial charge in [0.1, 0.15) is 0 Å². The van der Waals surface area contributed by atoms with E-state index in [-0.39, 0.29) is 0 Å². The molecule has 0 saturated carbocycles. The highest BCUT2D eigenvalue weighted by atomic mass is 16.5. The van der Waals surface area contributed by atoms with E-state index in [0.717, 1.165) is 25.0 Å². The second-order valence-corrected chi connectivity index (χ2v) is 6.13. The molecule has 2 aliphatic heterocycles. The third kappa shape index (κ3) is 3.67. The number of hydrogen-bond donors (Lipinski definition) is 1. The Balaban J connectivity index is 1.91. The number of hydrogen-bond acceptors (Lipinski definition) is 3. The molecule has 17 heavy (non-hydrogen) atoms. The van der Waals surface area contributed by atoms with Gasteiger partial charge in [-0.25, -0.2) is 0 Å². The minimum atomic E-state index is 0.655. The maximum Gasteiger partial charge on any atom is 0.0507 e. The van der Waals surface area contributed by atoms with Crippen LogP contribution in [0.15, 0.2) is 0 Å². The average Bonchev–Trinajstić information content (AvgIpc) is 2.71. The highest BCUT2D eigenvalue weighted by Gasteiger charge is 2.27. The van der Waals surface area contributed by atoms with Crippen LogP contribution >= 0.6 is 0 Å². The minimum Gasteiger partial charge on any atom is -0.381 e. The van der Waals surface area contributed by atoms with Crippen molar-refractivity contribution in [2.75, 3.05) is 32.8 Å². The second-order valence-electron chi connectivity index (χ2n) is 6.13. The van der Waals surface area contributed by atoms with Crippen molar-refractivity contribution in [1.82, 2.24) is 10.2 Å². The maximum absolute atomic E-state index is 5.50. The summed E-state index contributed by atoms with van der Waals surface area (Å²) in [5.74, 6) is 1.49. The van der Waals surface area contributed by atoms with Crippen LogP contribution in [0, 0.1) is 11.8 Å². The fourth-order valence-electron chi connectivity index (χ4n) is 2.92. The van der Waals surface area contributed by atoms with Gasteiger partial charge in [-0.05, 0) is 38.1 Å². The molecule has 3 heteroatoms. The zero-order chi connectivity index (χ0) is 12.3. The Morgan fingerprint density at radius 3 is 2.82 bits per heavy atom. The van der Waals surface area contributed by atoms with Gasteiger partial charge in [-0.3, -0.25) is 4.90 Å². The topological polar surface area (TPSA) is 24.5 Å². The van der Waals surface area contributed by atoms with E-state index in [9.17, 15) is 0 Å². The van der Waals surface area contributed by atoms with E-state index in [0.29, 0.717) is 12.1 Å². The van der Waals surface area contributed by atoms with Crippen LogP contribution in [0.1, 0.15) is 33.6 Å². The van der Waals surface area contributed by atoms with Gasteiger partial charge in [0, 0.05) is 31.8 Å². The van der Waals surface area contributed by atoms with Crippen molar-refractivity contribution in [1.29, 1.82) is 0 Å². The Morgan fingerprint density at radius 1 is 1.35 bits per heavy atom. The first-order chi connectivity index (χ1) is 8.16. The molecule has 2 aliphatic rings. The van der Waals surface area contributed by atoms with E-state index < -0.39 is 0 Å². The molecule has 2 heterocycles. The average molecular weight is 240 g/mol. The van der Waals surface area contributed by atoms with Gasteiger partial charge in [0.15, 0.2) is 0 Å². The summed E-state index contributed by atoms with van der Waals surface area (Å²) in [6.45, 7) is 12.6. The molecule has 0 radical (unpaired) electrons. The van der Waals surface area contributed by atoms with E-state index in [1.165, 1.54) is 32.5 Å². The predicted molar refractivity (Wildman–Crippen MR) is 71.2 cm³/mol. The van der Waals surface area contributed by atoms with Gasteiger partial charge in [0.2, 0.25) is 0 Å². The second kappa shape index (κ2) is 6.17. The molecule has 3 nitrogen and oxygen atoms in total. The summed E-state index contributed by atoms with van der Waals surface area (Å²) in [5, 5.41) is 3.69. The molecule has 0 aromatic carbocycles. The van der Waals surface area contributed by atoms with Crippen molar-refractivity contribution < 1.29 is 4.74 Å². The fourth-order valence-corrected chi connectivity index (χ4v) is 2.92. The lowest BCUT2D eigenvalue weighted by molar-refractivity contribution is 0.141. The number of rotatable bonds is 3. The first kappa shape index (κ1) is 13.3. The van der Waals surface area contributed by atoms with Crippen LogP contribution in [0.4, 0.5) is 0 Å². The van der Waals surface area contributed by atoms with E-state index >= 15 is 0 Å². The summed E-state index contributed by atoms with van der Waals surface area (Å²) in [5.41, 5.74) is 0. The lowest BCUT2D eigenvalue weighted by Gasteiger charge is -2.32. The zero-order valence-corrected chi connectivity index (χ0v) is 11.6. The Hall–Kier alpha value is -0.120. The van der Waals surface area contributed by atoms with Crippen molar-refractivity contribution in [2.45, 2.75) is 45.7 Å². The molecule has 0 aromatic rings. The predicted octanol–water partition coefficient (Wildman–Crippen LogP) is 1.73. The molecule has 2 saturated heterocycles. The van der Waals surface area contributed by atoms with Gasteiger partial charge < -0.3 is 10.1 Å². The summed E-state index contributed by atoms with van der Waals surface area (Å²) in [6.07, 6.45) is 2.53. The number of nitrogens with one attached hydrogen (secondary N) is 1. The quantitative estimate of drug-likeness (QED) is 0.813. The highest BCUT2D eigenvalue weighted by molar-refractivity contribution is 4.84. The van der Waals surface area contributed by atoms with Gasteiger partial charge >= 0.3 is 0 Å². The van der Waals surface area contributed by atoms with Gasteiger partial charge in [-0.15, -0.1) is 0 Å². The van der Waals surface area contributed by atoms with Crippen molar-refractivity contribution in [2.24, 2.45) is 11.8 Å². The standard InChI is InChI=1S/C14H28N2O/c1-11(2)14-9-16(12(3)4-6-15-14)8-13-5-7-17-10-13/h11-15H,4-10H2,1-3H3. The van der Waals surface area contributed by atoms with Gasteiger partial charge in [0.25, 0.3) is 0 Å². The molecule has 0 amide bonds. The van der Waals surface area contributed by atoms with Crippen LogP contribution in [0.5, 0.6) is 0 Å². The molecule has 2 fully saturated rings. The number of ether oxygens (including phenoxy) is 1. The van der Waals surface area contributed by atoms with Crippen LogP contribution in [-0.4, -0.2) is 49.8 Å². The maximum atomic E-state index is 5.50.